The molecule has 0 aromatic heterocycles. The molecule has 0 rings (SSSR count). The highest BCUT2D eigenvalue weighted by Gasteiger charge is 2.24. The number of hydrogen-bond donors (Lipinski definition) is 3. The lowest BCUT2D eigenvalue weighted by atomic mass is 10.0. The Morgan fingerprint density at radius 1 is 0.439 bits per heavy atom. The zero-order valence-corrected chi connectivity index (χ0v) is 44.3. The topological polar surface area (TPSA) is 95.9 Å². The molecule has 1 amide bonds. The third-order valence-electron chi connectivity index (χ3n) is 13.5. The van der Waals surface area contributed by atoms with E-state index in [0.29, 0.717) is 19.3 Å². The van der Waals surface area contributed by atoms with Gasteiger partial charge in [-0.25, -0.2) is 0 Å². The highest BCUT2D eigenvalue weighted by molar-refractivity contribution is 5.77. The number of carbonyl (C=O) groups is 2. The second-order valence-corrected chi connectivity index (χ2v) is 20.1. The van der Waals surface area contributed by atoms with Gasteiger partial charge in [0.25, 0.3) is 0 Å². The van der Waals surface area contributed by atoms with Crippen molar-refractivity contribution in [3.05, 3.63) is 36.5 Å². The Bertz CT molecular complexity index is 1090. The van der Waals surface area contributed by atoms with Crippen LogP contribution >= 0.6 is 0 Å². The molecular weight excluding hydrogens is 815 g/mol. The number of amides is 1. The van der Waals surface area contributed by atoms with Crippen molar-refractivity contribution < 1.29 is 24.5 Å². The van der Waals surface area contributed by atoms with Gasteiger partial charge in [0.15, 0.2) is 0 Å². The van der Waals surface area contributed by atoms with Crippen LogP contribution in [-0.2, 0) is 14.3 Å². The predicted octanol–water partition coefficient (Wildman–Crippen LogP) is 18.0. The van der Waals surface area contributed by atoms with Crippen LogP contribution < -0.4 is 5.32 Å². The van der Waals surface area contributed by atoms with Gasteiger partial charge in [0.05, 0.1) is 25.2 Å². The van der Waals surface area contributed by atoms with Crippen LogP contribution in [0.5, 0.6) is 0 Å². The van der Waals surface area contributed by atoms with E-state index in [9.17, 15) is 19.8 Å². The van der Waals surface area contributed by atoms with Gasteiger partial charge < -0.3 is 20.3 Å². The first-order valence-electron chi connectivity index (χ1n) is 29.2. The smallest absolute Gasteiger partial charge is 0.306 e. The van der Waals surface area contributed by atoms with Crippen LogP contribution in [0.25, 0.3) is 0 Å². The van der Waals surface area contributed by atoms with Crippen molar-refractivity contribution in [2.75, 3.05) is 6.61 Å². The average molecular weight is 929 g/mol. The lowest BCUT2D eigenvalue weighted by Gasteiger charge is -2.24. The number of aliphatic hydroxyl groups is 2. The molecule has 3 N–H and O–H groups in total. The molecule has 0 aromatic rings. The van der Waals surface area contributed by atoms with Crippen LogP contribution in [0.3, 0.4) is 0 Å². The molecule has 0 bridgehead atoms. The summed E-state index contributed by atoms with van der Waals surface area (Å²) in [5, 5.41) is 23.9. The van der Waals surface area contributed by atoms with E-state index in [1.807, 2.05) is 0 Å². The molecule has 6 heteroatoms. The zero-order valence-electron chi connectivity index (χ0n) is 44.3. The Balaban J connectivity index is 4.57. The van der Waals surface area contributed by atoms with Gasteiger partial charge in [-0.1, -0.05) is 256 Å². The number of unbranched alkanes of at least 4 members (excludes halogenated alkanes) is 36. The molecule has 0 saturated heterocycles. The fourth-order valence-corrected chi connectivity index (χ4v) is 9.01. The number of esters is 1. The van der Waals surface area contributed by atoms with Gasteiger partial charge >= 0.3 is 5.97 Å². The number of rotatable bonds is 53. The Morgan fingerprint density at radius 3 is 1.17 bits per heavy atom. The van der Waals surface area contributed by atoms with Crippen LogP contribution in [0.2, 0.25) is 0 Å². The molecule has 6 nitrogen and oxygen atoms in total. The van der Waals surface area contributed by atoms with Gasteiger partial charge in [0.1, 0.15) is 6.10 Å². The zero-order chi connectivity index (χ0) is 48.1. The highest BCUT2D eigenvalue weighted by atomic mass is 16.5. The normalized spacial score (nSPS) is 13.3. The van der Waals surface area contributed by atoms with Crippen molar-refractivity contribution in [3.63, 3.8) is 0 Å². The molecule has 66 heavy (non-hydrogen) atoms. The van der Waals surface area contributed by atoms with Crippen molar-refractivity contribution >= 4 is 11.9 Å². The number of hydrogen-bond acceptors (Lipinski definition) is 5. The van der Waals surface area contributed by atoms with E-state index in [0.717, 1.165) is 70.6 Å². The minimum absolute atomic E-state index is 0.0685. The van der Waals surface area contributed by atoms with Gasteiger partial charge in [-0.05, 0) is 77.0 Å². The molecule has 3 unspecified atom stereocenters. The maximum absolute atomic E-state index is 13.3. The van der Waals surface area contributed by atoms with Crippen molar-refractivity contribution in [1.29, 1.82) is 0 Å². The number of allylic oxidation sites excluding steroid dienone is 6. The summed E-state index contributed by atoms with van der Waals surface area (Å²) in [6, 6.07) is -0.706. The van der Waals surface area contributed by atoms with E-state index in [2.05, 4.69) is 62.5 Å². The Kier molecular flexibility index (Phi) is 52.5. The van der Waals surface area contributed by atoms with Crippen molar-refractivity contribution in [3.8, 4) is 0 Å². The molecule has 388 valence electrons. The van der Waals surface area contributed by atoms with Crippen LogP contribution in [0.15, 0.2) is 36.5 Å². The molecule has 0 radical (unpaired) electrons. The third-order valence-corrected chi connectivity index (χ3v) is 13.5. The fourth-order valence-electron chi connectivity index (χ4n) is 9.01. The number of carbonyl (C=O) groups excluding carboxylic acids is 2. The lowest BCUT2D eigenvalue weighted by molar-refractivity contribution is -0.151. The third kappa shape index (κ3) is 48.5. The van der Waals surface area contributed by atoms with Crippen molar-refractivity contribution in [2.24, 2.45) is 0 Å². The first-order valence-corrected chi connectivity index (χ1v) is 29.2. The van der Waals surface area contributed by atoms with E-state index in [4.69, 9.17) is 4.74 Å². The van der Waals surface area contributed by atoms with E-state index in [1.165, 1.54) is 193 Å². The summed E-state index contributed by atoms with van der Waals surface area (Å²) < 4.78 is 5.96. The summed E-state index contributed by atoms with van der Waals surface area (Å²) >= 11 is 0. The standard InChI is InChI=1S/C60H113NO5/c1-4-7-10-13-16-19-22-25-28-29-30-32-35-38-41-44-47-50-53-60(65)66-56(51-48-45-42-39-36-33-31-26-23-20-17-14-11-8-5-2)54-59(64)61-57(55-62)58(63)52-49-46-43-40-37-34-27-24-21-18-15-12-9-6-3/h26,28-32,56-58,62-63H,4-25,27,33-55H2,1-3H3,(H,61,64)/b29-28+,31-26+,32-30+. The van der Waals surface area contributed by atoms with Crippen LogP contribution in [0, 0.1) is 0 Å². The molecule has 0 heterocycles. The minimum atomic E-state index is -0.792. The van der Waals surface area contributed by atoms with Gasteiger partial charge in [-0.2, -0.15) is 0 Å². The molecule has 0 saturated carbocycles. The molecule has 0 aliphatic heterocycles. The largest absolute Gasteiger partial charge is 0.462 e. The minimum Gasteiger partial charge on any atom is -0.462 e. The summed E-state index contributed by atoms with van der Waals surface area (Å²) in [6.07, 6.45) is 64.9. The van der Waals surface area contributed by atoms with E-state index in [1.54, 1.807) is 0 Å². The Morgan fingerprint density at radius 2 is 0.773 bits per heavy atom. The van der Waals surface area contributed by atoms with Gasteiger partial charge in [-0.15, -0.1) is 0 Å². The van der Waals surface area contributed by atoms with Crippen LogP contribution in [-0.4, -0.2) is 46.9 Å². The second-order valence-electron chi connectivity index (χ2n) is 20.1. The van der Waals surface area contributed by atoms with Crippen LogP contribution in [0.4, 0.5) is 0 Å². The fraction of sp³-hybridized carbons (Fsp3) is 0.867. The maximum Gasteiger partial charge on any atom is 0.306 e. The molecular formula is C60H113NO5. The molecule has 3 atom stereocenters. The molecule has 0 aliphatic carbocycles. The van der Waals surface area contributed by atoms with E-state index < -0.39 is 18.2 Å². The summed E-state index contributed by atoms with van der Waals surface area (Å²) in [4.78, 5) is 26.3. The Labute approximate surface area is 411 Å². The number of ether oxygens (including phenoxy) is 1. The molecule has 0 aromatic carbocycles. The SMILES string of the molecule is CCCCCCCC/C=C/CCCCCCCC(CC(=O)NC(CO)C(O)CCCCCCCCCCCCCCCC)OC(=O)CCCCCCC/C=C/C=C/CCCCCCCCC. The van der Waals surface area contributed by atoms with E-state index >= 15 is 0 Å². The summed E-state index contributed by atoms with van der Waals surface area (Å²) in [7, 11) is 0. The lowest BCUT2D eigenvalue weighted by Crippen LogP contribution is -2.46. The maximum atomic E-state index is 13.3. The first-order chi connectivity index (χ1) is 32.5. The van der Waals surface area contributed by atoms with Gasteiger partial charge in [0, 0.05) is 6.42 Å². The second kappa shape index (κ2) is 54.0. The van der Waals surface area contributed by atoms with Crippen molar-refractivity contribution in [1.82, 2.24) is 5.32 Å². The molecule has 0 spiro atoms. The van der Waals surface area contributed by atoms with Gasteiger partial charge in [-0.3, -0.25) is 9.59 Å². The first kappa shape index (κ1) is 64.1. The number of aliphatic hydroxyl groups excluding tert-OH is 2. The van der Waals surface area contributed by atoms with Crippen LogP contribution in [0.1, 0.15) is 310 Å². The molecule has 0 fully saturated rings. The van der Waals surface area contributed by atoms with Crippen molar-refractivity contribution in [2.45, 2.75) is 328 Å². The van der Waals surface area contributed by atoms with E-state index in [-0.39, 0.29) is 24.9 Å². The number of nitrogens with one attached hydrogen (secondary N) is 1. The summed E-state index contributed by atoms with van der Waals surface area (Å²) in [5.74, 6) is -0.486. The Hall–Kier alpha value is -1.92. The summed E-state index contributed by atoms with van der Waals surface area (Å²) in [5.41, 5.74) is 0. The average Bonchev–Trinajstić information content (AvgIpc) is 3.31. The predicted molar refractivity (Wildman–Crippen MR) is 287 cm³/mol. The molecule has 0 aliphatic rings. The van der Waals surface area contributed by atoms with Gasteiger partial charge in [0.2, 0.25) is 5.91 Å². The quantitative estimate of drug-likeness (QED) is 0.0244. The highest BCUT2D eigenvalue weighted by Crippen LogP contribution is 2.18. The summed E-state index contributed by atoms with van der Waals surface area (Å²) in [6.45, 7) is 6.50. The monoisotopic (exact) mass is 928 g/mol.